The molecule has 0 saturated heterocycles. The van der Waals surface area contributed by atoms with Gasteiger partial charge in [-0.05, 0) is 17.7 Å². The zero-order valence-corrected chi connectivity index (χ0v) is 10.2. The molecule has 1 amide bonds. The summed E-state index contributed by atoms with van der Waals surface area (Å²) in [5.41, 5.74) is 0.657. The van der Waals surface area contributed by atoms with E-state index in [0.717, 1.165) is 4.90 Å². The highest BCUT2D eigenvalue weighted by molar-refractivity contribution is 6.32. The zero-order chi connectivity index (χ0) is 13.0. The highest BCUT2D eigenvalue weighted by atomic mass is 35.5. The van der Waals surface area contributed by atoms with Crippen LogP contribution < -0.4 is 4.74 Å². The molecule has 0 heterocycles. The first-order valence-corrected chi connectivity index (χ1v) is 5.14. The van der Waals surface area contributed by atoms with Gasteiger partial charge in [0.25, 0.3) is 0 Å². The molecule has 92 valence electrons. The molecular weight excluding hydrogens is 246 g/mol. The minimum Gasteiger partial charge on any atom is -0.497 e. The number of amides is 1. The van der Waals surface area contributed by atoms with E-state index in [0.29, 0.717) is 16.3 Å². The molecule has 0 atom stereocenters. The first-order valence-electron chi connectivity index (χ1n) is 4.76. The molecule has 1 aromatic rings. The van der Waals surface area contributed by atoms with Crippen molar-refractivity contribution in [3.05, 3.63) is 28.8 Å². The molecule has 0 unspecified atom stereocenters. The van der Waals surface area contributed by atoms with Gasteiger partial charge in [0.2, 0.25) is 0 Å². The molecule has 1 aromatic carbocycles. The zero-order valence-electron chi connectivity index (χ0n) is 9.44. The minimum absolute atomic E-state index is 0.133. The molecule has 0 fully saturated rings. The summed E-state index contributed by atoms with van der Waals surface area (Å²) < 4.78 is 4.98. The smallest absolute Gasteiger partial charge is 0.394 e. The summed E-state index contributed by atoms with van der Waals surface area (Å²) >= 11 is 5.97. The number of nitrogens with zero attached hydrogens (tertiary/aromatic N) is 1. The molecular formula is C11H12ClNO4. The summed E-state index contributed by atoms with van der Waals surface area (Å²) in [6.07, 6.45) is 0. The van der Waals surface area contributed by atoms with Crippen LogP contribution >= 0.6 is 11.6 Å². The number of hydrogen-bond donors (Lipinski definition) is 1. The van der Waals surface area contributed by atoms with Crippen molar-refractivity contribution in [3.63, 3.8) is 0 Å². The van der Waals surface area contributed by atoms with Crippen molar-refractivity contribution < 1.29 is 19.4 Å². The molecule has 0 aromatic heterocycles. The lowest BCUT2D eigenvalue weighted by molar-refractivity contribution is -0.155. The summed E-state index contributed by atoms with van der Waals surface area (Å²) in [5, 5.41) is 8.96. The third kappa shape index (κ3) is 3.35. The number of hydrogen-bond acceptors (Lipinski definition) is 3. The van der Waals surface area contributed by atoms with Gasteiger partial charge in [-0.3, -0.25) is 4.79 Å². The van der Waals surface area contributed by atoms with Crippen LogP contribution in [0.4, 0.5) is 0 Å². The van der Waals surface area contributed by atoms with E-state index in [-0.39, 0.29) is 6.54 Å². The Kier molecular flexibility index (Phi) is 4.34. The molecule has 0 bridgehead atoms. The van der Waals surface area contributed by atoms with Crippen LogP contribution in [0.2, 0.25) is 5.02 Å². The second-order valence-electron chi connectivity index (χ2n) is 3.42. The van der Waals surface area contributed by atoms with Gasteiger partial charge in [-0.25, -0.2) is 4.79 Å². The molecule has 0 radical (unpaired) electrons. The van der Waals surface area contributed by atoms with E-state index in [4.69, 9.17) is 21.4 Å². The molecule has 0 saturated carbocycles. The van der Waals surface area contributed by atoms with Crippen LogP contribution in [0.1, 0.15) is 5.56 Å². The Morgan fingerprint density at radius 2 is 2.12 bits per heavy atom. The van der Waals surface area contributed by atoms with Gasteiger partial charge >= 0.3 is 11.9 Å². The number of carbonyl (C=O) groups excluding carboxylic acids is 1. The standard InChI is InChI=1S/C11H12ClNO4/c1-13(10(14)11(15)16)6-7-3-4-8(17-2)5-9(7)12/h3-5H,6H2,1-2H3,(H,15,16). The van der Waals surface area contributed by atoms with E-state index in [1.807, 2.05) is 0 Å². The first-order chi connectivity index (χ1) is 7.95. The van der Waals surface area contributed by atoms with Crippen molar-refractivity contribution in [2.75, 3.05) is 14.2 Å². The van der Waals surface area contributed by atoms with Crippen molar-refractivity contribution in [3.8, 4) is 5.75 Å². The molecule has 0 aliphatic heterocycles. The number of ether oxygens (including phenoxy) is 1. The Labute approximate surface area is 104 Å². The van der Waals surface area contributed by atoms with Crippen molar-refractivity contribution in [2.45, 2.75) is 6.54 Å². The summed E-state index contributed by atoms with van der Waals surface area (Å²) in [6.45, 7) is 0.133. The average Bonchev–Trinajstić information content (AvgIpc) is 2.30. The maximum atomic E-state index is 11.1. The Bertz CT molecular complexity index is 447. The first kappa shape index (κ1) is 13.3. The Balaban J connectivity index is 2.82. The van der Waals surface area contributed by atoms with E-state index < -0.39 is 11.9 Å². The predicted molar refractivity (Wildman–Crippen MR) is 62.1 cm³/mol. The fourth-order valence-corrected chi connectivity index (χ4v) is 1.50. The Morgan fingerprint density at radius 3 is 2.59 bits per heavy atom. The third-order valence-corrected chi connectivity index (χ3v) is 2.55. The number of rotatable bonds is 3. The van der Waals surface area contributed by atoms with Gasteiger partial charge < -0.3 is 14.7 Å². The molecule has 5 nitrogen and oxygen atoms in total. The lowest BCUT2D eigenvalue weighted by Crippen LogP contribution is -2.32. The van der Waals surface area contributed by atoms with Crippen LogP contribution in [-0.4, -0.2) is 36.0 Å². The van der Waals surface area contributed by atoms with E-state index in [1.165, 1.54) is 14.2 Å². The van der Waals surface area contributed by atoms with Crippen molar-refractivity contribution in [1.29, 1.82) is 0 Å². The van der Waals surface area contributed by atoms with Gasteiger partial charge in [-0.2, -0.15) is 0 Å². The average molecular weight is 258 g/mol. The van der Waals surface area contributed by atoms with E-state index in [1.54, 1.807) is 18.2 Å². The highest BCUT2D eigenvalue weighted by Gasteiger charge is 2.18. The second-order valence-corrected chi connectivity index (χ2v) is 3.83. The predicted octanol–water partition coefficient (Wildman–Crippen LogP) is 1.39. The van der Waals surface area contributed by atoms with E-state index in [9.17, 15) is 9.59 Å². The van der Waals surface area contributed by atoms with Gasteiger partial charge in [0.15, 0.2) is 0 Å². The van der Waals surface area contributed by atoms with E-state index >= 15 is 0 Å². The maximum absolute atomic E-state index is 11.1. The van der Waals surface area contributed by atoms with Crippen LogP contribution in [-0.2, 0) is 16.1 Å². The number of carboxylic acids is 1. The molecule has 17 heavy (non-hydrogen) atoms. The van der Waals surface area contributed by atoms with Gasteiger partial charge in [0, 0.05) is 18.6 Å². The van der Waals surface area contributed by atoms with Crippen molar-refractivity contribution in [2.24, 2.45) is 0 Å². The minimum atomic E-state index is -1.49. The number of methoxy groups -OCH3 is 1. The second kappa shape index (κ2) is 5.54. The number of benzene rings is 1. The number of carbonyl (C=O) groups is 2. The van der Waals surface area contributed by atoms with Crippen LogP contribution in [0, 0.1) is 0 Å². The molecule has 0 aliphatic carbocycles. The fraction of sp³-hybridized carbons (Fsp3) is 0.273. The van der Waals surface area contributed by atoms with Crippen LogP contribution in [0.15, 0.2) is 18.2 Å². The Hall–Kier alpha value is -1.75. The van der Waals surface area contributed by atoms with Gasteiger partial charge in [0.05, 0.1) is 7.11 Å². The molecule has 1 rings (SSSR count). The summed E-state index contributed by atoms with van der Waals surface area (Å²) in [7, 11) is 2.92. The lowest BCUT2D eigenvalue weighted by Gasteiger charge is -2.15. The molecule has 6 heteroatoms. The third-order valence-electron chi connectivity index (χ3n) is 2.20. The molecule has 0 aliphatic rings. The maximum Gasteiger partial charge on any atom is 0.394 e. The number of likely N-dealkylation sites (N-methyl/N-ethyl adjacent to an activating group) is 1. The topological polar surface area (TPSA) is 66.8 Å². The number of aliphatic carboxylic acids is 1. The number of halogens is 1. The van der Waals surface area contributed by atoms with Crippen LogP contribution in [0.3, 0.4) is 0 Å². The molecule has 1 N–H and O–H groups in total. The van der Waals surface area contributed by atoms with Gasteiger partial charge in [0.1, 0.15) is 5.75 Å². The van der Waals surface area contributed by atoms with Crippen molar-refractivity contribution >= 4 is 23.5 Å². The van der Waals surface area contributed by atoms with Crippen LogP contribution in [0.5, 0.6) is 5.75 Å². The lowest BCUT2D eigenvalue weighted by atomic mass is 10.2. The normalized spacial score (nSPS) is 9.82. The summed E-state index contributed by atoms with van der Waals surface area (Å²) in [5.74, 6) is -1.86. The SMILES string of the molecule is COc1ccc(CN(C)C(=O)C(=O)O)c(Cl)c1. The summed E-state index contributed by atoms with van der Waals surface area (Å²) in [6, 6.07) is 4.99. The van der Waals surface area contributed by atoms with Crippen LogP contribution in [0.25, 0.3) is 0 Å². The van der Waals surface area contributed by atoms with Gasteiger partial charge in [-0.1, -0.05) is 17.7 Å². The number of carboxylic acid groups (broad SMARTS) is 1. The van der Waals surface area contributed by atoms with E-state index in [2.05, 4.69) is 0 Å². The fourth-order valence-electron chi connectivity index (χ4n) is 1.27. The van der Waals surface area contributed by atoms with Gasteiger partial charge in [-0.15, -0.1) is 0 Å². The monoisotopic (exact) mass is 257 g/mol. The van der Waals surface area contributed by atoms with Crippen molar-refractivity contribution in [1.82, 2.24) is 4.90 Å². The summed E-state index contributed by atoms with van der Waals surface area (Å²) in [4.78, 5) is 22.7. The largest absolute Gasteiger partial charge is 0.497 e. The highest BCUT2D eigenvalue weighted by Crippen LogP contribution is 2.23. The Morgan fingerprint density at radius 1 is 1.47 bits per heavy atom. The molecule has 0 spiro atoms. The quantitative estimate of drug-likeness (QED) is 0.831.